The van der Waals surface area contributed by atoms with E-state index in [9.17, 15) is 4.79 Å². The lowest BCUT2D eigenvalue weighted by atomic mass is 9.68. The average molecular weight is 218 g/mol. The first kappa shape index (κ1) is 12.4. The molecule has 2 atom stereocenters. The average Bonchev–Trinajstić information content (AvgIpc) is 2.18. The molecule has 0 saturated heterocycles. The van der Waals surface area contributed by atoms with Crippen LogP contribution in [0.25, 0.3) is 0 Å². The van der Waals surface area contributed by atoms with Crippen molar-refractivity contribution in [2.75, 3.05) is 27.4 Å². The molecule has 0 unspecified atom stereocenters. The Morgan fingerprint density at radius 2 is 2.07 bits per heavy atom. The molecule has 1 aliphatic carbocycles. The highest BCUT2D eigenvalue weighted by atomic mass is 16.7. The third kappa shape index (κ3) is 2.30. The molecule has 5 nitrogen and oxygen atoms in total. The molecule has 88 valence electrons. The number of rotatable bonds is 5. The van der Waals surface area contributed by atoms with Gasteiger partial charge in [0.25, 0.3) is 0 Å². The van der Waals surface area contributed by atoms with Crippen LogP contribution in [0.3, 0.4) is 0 Å². The highest BCUT2D eigenvalue weighted by molar-refractivity contribution is 5.65. The van der Waals surface area contributed by atoms with Gasteiger partial charge in [0.15, 0.2) is 5.79 Å². The van der Waals surface area contributed by atoms with Crippen LogP contribution in [0, 0.1) is 11.8 Å². The van der Waals surface area contributed by atoms with Crippen LogP contribution in [0.15, 0.2) is 0 Å². The van der Waals surface area contributed by atoms with Gasteiger partial charge in [0.05, 0.1) is 12.5 Å². The summed E-state index contributed by atoms with van der Waals surface area (Å²) in [6.45, 7) is 1.64. The number of methoxy groups -OCH3 is 2. The first-order valence-electron chi connectivity index (χ1n) is 4.94. The lowest BCUT2D eigenvalue weighted by Gasteiger charge is -2.51. The van der Waals surface area contributed by atoms with Gasteiger partial charge in [-0.05, 0) is 5.92 Å². The summed E-state index contributed by atoms with van der Waals surface area (Å²) in [4.78, 5) is 10.7. The number of aliphatic hydroxyl groups excluding tert-OH is 1. The molecule has 0 spiro atoms. The van der Waals surface area contributed by atoms with Crippen LogP contribution in [0.2, 0.25) is 0 Å². The van der Waals surface area contributed by atoms with Gasteiger partial charge >= 0.3 is 5.97 Å². The molecule has 1 saturated carbocycles. The van der Waals surface area contributed by atoms with E-state index in [1.54, 1.807) is 14.2 Å². The molecular weight excluding hydrogens is 200 g/mol. The number of hydrogen-bond donors (Lipinski definition) is 1. The lowest BCUT2D eigenvalue weighted by molar-refractivity contribution is -0.320. The van der Waals surface area contributed by atoms with E-state index in [1.807, 2.05) is 0 Å². The maximum Gasteiger partial charge on any atom is 0.302 e. The van der Waals surface area contributed by atoms with Crippen LogP contribution >= 0.6 is 0 Å². The van der Waals surface area contributed by atoms with E-state index in [0.29, 0.717) is 6.42 Å². The van der Waals surface area contributed by atoms with Crippen molar-refractivity contribution in [1.29, 1.82) is 0 Å². The maximum absolute atomic E-state index is 10.7. The van der Waals surface area contributed by atoms with E-state index in [0.717, 1.165) is 0 Å². The molecule has 0 aromatic carbocycles. The summed E-state index contributed by atoms with van der Waals surface area (Å²) in [5.41, 5.74) is 0. The zero-order valence-electron chi connectivity index (χ0n) is 9.36. The Kier molecular flexibility index (Phi) is 4.07. The topological polar surface area (TPSA) is 65.0 Å². The molecule has 0 aliphatic heterocycles. The lowest BCUT2D eigenvalue weighted by Crippen LogP contribution is -2.59. The molecule has 0 radical (unpaired) electrons. The molecule has 0 amide bonds. The highest BCUT2D eigenvalue weighted by Crippen LogP contribution is 2.46. The Labute approximate surface area is 89.3 Å². The van der Waals surface area contributed by atoms with Crippen LogP contribution in [0.5, 0.6) is 0 Å². The number of hydrogen-bond acceptors (Lipinski definition) is 5. The molecule has 1 rings (SSSR count). The Hall–Kier alpha value is -0.650. The Morgan fingerprint density at radius 3 is 2.47 bits per heavy atom. The summed E-state index contributed by atoms with van der Waals surface area (Å²) in [5, 5.41) is 9.09. The fourth-order valence-corrected chi connectivity index (χ4v) is 2.07. The van der Waals surface area contributed by atoms with Gasteiger partial charge in [0.1, 0.15) is 0 Å². The molecular formula is C10H18O5. The number of carbonyl (C=O) groups is 1. The van der Waals surface area contributed by atoms with Gasteiger partial charge in [-0.2, -0.15) is 0 Å². The van der Waals surface area contributed by atoms with Crippen LogP contribution in [0.1, 0.15) is 13.3 Å². The van der Waals surface area contributed by atoms with Crippen molar-refractivity contribution in [2.45, 2.75) is 19.1 Å². The van der Waals surface area contributed by atoms with Gasteiger partial charge in [0, 0.05) is 34.2 Å². The number of esters is 1. The van der Waals surface area contributed by atoms with E-state index in [1.165, 1.54) is 6.92 Å². The summed E-state index contributed by atoms with van der Waals surface area (Å²) < 4.78 is 15.5. The molecule has 0 bridgehead atoms. The minimum Gasteiger partial charge on any atom is -0.465 e. The van der Waals surface area contributed by atoms with Crippen molar-refractivity contribution >= 4 is 5.97 Å². The van der Waals surface area contributed by atoms with Gasteiger partial charge < -0.3 is 19.3 Å². The van der Waals surface area contributed by atoms with Crippen molar-refractivity contribution in [3.63, 3.8) is 0 Å². The molecule has 0 aromatic heterocycles. The second-order valence-corrected chi connectivity index (χ2v) is 3.78. The molecule has 1 N–H and O–H groups in total. The van der Waals surface area contributed by atoms with Crippen molar-refractivity contribution in [3.05, 3.63) is 0 Å². The summed E-state index contributed by atoms with van der Waals surface area (Å²) >= 11 is 0. The summed E-state index contributed by atoms with van der Waals surface area (Å²) in [6, 6.07) is 0. The fraction of sp³-hybridized carbons (Fsp3) is 0.900. The zero-order valence-corrected chi connectivity index (χ0v) is 9.36. The Balaban J connectivity index is 2.57. The SMILES string of the molecule is COC1(OC)C[C@H](CO)[C@H]1COC(C)=O. The fourth-order valence-electron chi connectivity index (χ4n) is 2.07. The second kappa shape index (κ2) is 4.92. The molecule has 15 heavy (non-hydrogen) atoms. The summed E-state index contributed by atoms with van der Waals surface area (Å²) in [6.07, 6.45) is 0.627. The predicted molar refractivity (Wildman–Crippen MR) is 52.1 cm³/mol. The van der Waals surface area contributed by atoms with Crippen molar-refractivity contribution in [2.24, 2.45) is 11.8 Å². The normalized spacial score (nSPS) is 28.3. The van der Waals surface area contributed by atoms with Crippen LogP contribution in [-0.2, 0) is 19.0 Å². The Bertz CT molecular complexity index is 224. The smallest absolute Gasteiger partial charge is 0.302 e. The first-order chi connectivity index (χ1) is 7.09. The summed E-state index contributed by atoms with van der Waals surface area (Å²) in [5.74, 6) is -1.06. The van der Waals surface area contributed by atoms with Gasteiger partial charge in [0.2, 0.25) is 0 Å². The number of aliphatic hydroxyl groups is 1. The van der Waals surface area contributed by atoms with Crippen molar-refractivity contribution < 1.29 is 24.1 Å². The molecule has 0 aromatic rings. The third-order valence-corrected chi connectivity index (χ3v) is 3.07. The van der Waals surface area contributed by atoms with Gasteiger partial charge in [-0.15, -0.1) is 0 Å². The first-order valence-corrected chi connectivity index (χ1v) is 4.94. The monoisotopic (exact) mass is 218 g/mol. The van der Waals surface area contributed by atoms with E-state index in [-0.39, 0.29) is 31.0 Å². The van der Waals surface area contributed by atoms with Crippen LogP contribution in [0.4, 0.5) is 0 Å². The summed E-state index contributed by atoms with van der Waals surface area (Å²) in [7, 11) is 3.11. The van der Waals surface area contributed by atoms with E-state index >= 15 is 0 Å². The van der Waals surface area contributed by atoms with E-state index in [4.69, 9.17) is 19.3 Å². The molecule has 5 heteroatoms. The van der Waals surface area contributed by atoms with E-state index in [2.05, 4.69) is 0 Å². The van der Waals surface area contributed by atoms with Crippen LogP contribution < -0.4 is 0 Å². The predicted octanol–water partition coefficient (Wildman–Crippen LogP) is 0.167. The Morgan fingerprint density at radius 1 is 1.47 bits per heavy atom. The highest BCUT2D eigenvalue weighted by Gasteiger charge is 2.55. The standard InChI is InChI=1S/C10H18O5/c1-7(12)15-6-9-8(5-11)4-10(9,13-2)14-3/h8-9,11H,4-6H2,1-3H3/t8-,9-/m1/s1. The molecule has 1 fully saturated rings. The van der Waals surface area contributed by atoms with Crippen LogP contribution in [-0.4, -0.2) is 44.3 Å². The third-order valence-electron chi connectivity index (χ3n) is 3.07. The van der Waals surface area contributed by atoms with Gasteiger partial charge in [-0.3, -0.25) is 4.79 Å². The van der Waals surface area contributed by atoms with Crippen molar-refractivity contribution in [1.82, 2.24) is 0 Å². The quantitative estimate of drug-likeness (QED) is 0.526. The second-order valence-electron chi connectivity index (χ2n) is 3.78. The molecule has 0 heterocycles. The largest absolute Gasteiger partial charge is 0.465 e. The minimum atomic E-state index is -0.706. The maximum atomic E-state index is 10.7. The number of carbonyl (C=O) groups excluding carboxylic acids is 1. The number of ether oxygens (including phenoxy) is 3. The van der Waals surface area contributed by atoms with Crippen molar-refractivity contribution in [3.8, 4) is 0 Å². The van der Waals surface area contributed by atoms with Gasteiger partial charge in [-0.25, -0.2) is 0 Å². The van der Waals surface area contributed by atoms with E-state index < -0.39 is 5.79 Å². The zero-order chi connectivity index (χ0) is 11.5. The van der Waals surface area contributed by atoms with Gasteiger partial charge in [-0.1, -0.05) is 0 Å². The minimum absolute atomic E-state index is 0.0560. The molecule has 1 aliphatic rings.